The molecule has 2 rings (SSSR count). The molecule has 0 amide bonds. The molecule has 0 saturated carbocycles. The van der Waals surface area contributed by atoms with Crippen LogP contribution in [0.4, 0.5) is 0 Å². The van der Waals surface area contributed by atoms with Crippen LogP contribution in [-0.4, -0.2) is 53.0 Å². The van der Waals surface area contributed by atoms with Gasteiger partial charge in [-0.05, 0) is 13.8 Å². The van der Waals surface area contributed by atoms with E-state index in [1.807, 2.05) is 0 Å². The Morgan fingerprint density at radius 3 is 2.06 bits per heavy atom. The second kappa shape index (κ2) is 5.48. The van der Waals surface area contributed by atoms with E-state index in [0.29, 0.717) is 24.7 Å². The number of nitrogens with zero attached hydrogens (tertiary/aromatic N) is 1. The summed E-state index contributed by atoms with van der Waals surface area (Å²) in [5, 5.41) is 13.2. The molecular formula is C15H31N2O+. The highest BCUT2D eigenvalue weighted by molar-refractivity contribution is 4.91. The molecule has 4 atom stereocenters. The van der Waals surface area contributed by atoms with Gasteiger partial charge in [0.25, 0.3) is 0 Å². The molecule has 2 saturated heterocycles. The molecule has 2 bridgehead atoms. The van der Waals surface area contributed by atoms with E-state index in [-0.39, 0.29) is 0 Å². The Kier molecular flexibility index (Phi) is 4.35. The molecule has 0 aliphatic carbocycles. The molecule has 2 aliphatic heterocycles. The van der Waals surface area contributed by atoms with E-state index in [4.69, 9.17) is 0 Å². The van der Waals surface area contributed by atoms with Crippen molar-refractivity contribution in [2.45, 2.75) is 83.6 Å². The monoisotopic (exact) mass is 255 g/mol. The topological polar surface area (TPSA) is 32.3 Å². The molecule has 0 aromatic carbocycles. The van der Waals surface area contributed by atoms with E-state index >= 15 is 0 Å². The van der Waals surface area contributed by atoms with E-state index in [9.17, 15) is 5.11 Å². The van der Waals surface area contributed by atoms with Crippen molar-refractivity contribution in [1.82, 2.24) is 5.32 Å². The normalized spacial score (nSPS) is 39.8. The molecule has 0 spiro atoms. The average Bonchev–Trinajstić information content (AvgIpc) is 2.48. The molecular weight excluding hydrogens is 224 g/mol. The minimum atomic E-state index is 0.341. The summed E-state index contributed by atoms with van der Waals surface area (Å²) in [5.74, 6) is 0. The van der Waals surface area contributed by atoms with Crippen LogP contribution in [0.25, 0.3) is 0 Å². The second-order valence-corrected chi connectivity index (χ2v) is 6.91. The van der Waals surface area contributed by atoms with Crippen LogP contribution in [0.1, 0.15) is 53.4 Å². The number of aliphatic hydroxyl groups excluding tert-OH is 1. The summed E-state index contributed by atoms with van der Waals surface area (Å²) >= 11 is 0. The second-order valence-electron chi connectivity index (χ2n) is 6.91. The quantitative estimate of drug-likeness (QED) is 0.735. The Hall–Kier alpha value is -0.120. The smallest absolute Gasteiger partial charge is 0.103 e. The summed E-state index contributed by atoms with van der Waals surface area (Å²) in [6.45, 7) is 10.5. The van der Waals surface area contributed by atoms with Gasteiger partial charge in [-0.25, -0.2) is 0 Å². The maximum absolute atomic E-state index is 9.48. The zero-order valence-corrected chi connectivity index (χ0v) is 12.5. The number of piperidine rings is 1. The molecule has 2 fully saturated rings. The number of rotatable bonds is 5. The fourth-order valence-corrected chi connectivity index (χ4v) is 4.79. The number of quaternary nitrogens is 1. The first-order chi connectivity index (χ1) is 8.50. The van der Waals surface area contributed by atoms with Gasteiger partial charge in [-0.3, -0.25) is 0 Å². The molecule has 2 aliphatic rings. The lowest BCUT2D eigenvalue weighted by Gasteiger charge is -2.52. The molecule has 2 heterocycles. The van der Waals surface area contributed by atoms with E-state index in [1.54, 1.807) is 0 Å². The molecule has 3 heteroatoms. The van der Waals surface area contributed by atoms with Gasteiger partial charge in [-0.15, -0.1) is 0 Å². The SMILES string of the molecule is CC(C)NC1C[C@H]2CC[C@@H](C1)[N+]2(CCO)C(C)C. The lowest BCUT2D eigenvalue weighted by molar-refractivity contribution is -0.984. The van der Waals surface area contributed by atoms with Gasteiger partial charge in [0.05, 0.1) is 24.7 Å². The summed E-state index contributed by atoms with van der Waals surface area (Å²) in [7, 11) is 0. The average molecular weight is 255 g/mol. The Morgan fingerprint density at radius 1 is 1.11 bits per heavy atom. The fourth-order valence-electron chi connectivity index (χ4n) is 4.79. The van der Waals surface area contributed by atoms with Crippen molar-refractivity contribution >= 4 is 0 Å². The van der Waals surface area contributed by atoms with E-state index < -0.39 is 0 Å². The summed E-state index contributed by atoms with van der Waals surface area (Å²) < 4.78 is 1.19. The Labute approximate surface area is 112 Å². The van der Waals surface area contributed by atoms with Gasteiger partial charge in [0.1, 0.15) is 6.54 Å². The third kappa shape index (κ3) is 2.33. The maximum Gasteiger partial charge on any atom is 0.103 e. The van der Waals surface area contributed by atoms with Crippen molar-refractivity contribution in [3.63, 3.8) is 0 Å². The Bertz CT molecular complexity index is 264. The zero-order chi connectivity index (χ0) is 13.3. The number of nitrogens with one attached hydrogen (secondary N) is 1. The number of aliphatic hydroxyl groups is 1. The van der Waals surface area contributed by atoms with Crippen LogP contribution in [0.2, 0.25) is 0 Å². The van der Waals surface area contributed by atoms with Gasteiger partial charge < -0.3 is 14.9 Å². The van der Waals surface area contributed by atoms with E-state index in [2.05, 4.69) is 33.0 Å². The zero-order valence-electron chi connectivity index (χ0n) is 12.5. The first kappa shape index (κ1) is 14.3. The molecule has 3 nitrogen and oxygen atoms in total. The van der Waals surface area contributed by atoms with Gasteiger partial charge in [0.15, 0.2) is 0 Å². The minimum Gasteiger partial charge on any atom is -0.391 e. The van der Waals surface area contributed by atoms with Gasteiger partial charge in [-0.1, -0.05) is 13.8 Å². The van der Waals surface area contributed by atoms with Crippen LogP contribution in [0.15, 0.2) is 0 Å². The third-order valence-corrected chi connectivity index (χ3v) is 5.32. The van der Waals surface area contributed by atoms with Crippen molar-refractivity contribution in [3.05, 3.63) is 0 Å². The first-order valence-corrected chi connectivity index (χ1v) is 7.74. The summed E-state index contributed by atoms with van der Waals surface area (Å²) in [4.78, 5) is 0. The fraction of sp³-hybridized carbons (Fsp3) is 1.00. The minimum absolute atomic E-state index is 0.341. The first-order valence-electron chi connectivity index (χ1n) is 7.74. The number of fused-ring (bicyclic) bond motifs is 2. The molecule has 0 aromatic rings. The highest BCUT2D eigenvalue weighted by atomic mass is 16.3. The standard InChI is InChI=1S/C15H31N2O/c1-11(2)16-13-9-14-5-6-15(10-13)17(14,7-8-18)12(3)4/h11-16,18H,5-10H2,1-4H3/q+1/t13?,14-,15+,17?. The van der Waals surface area contributed by atoms with Crippen molar-refractivity contribution in [3.8, 4) is 0 Å². The van der Waals surface area contributed by atoms with Crippen LogP contribution >= 0.6 is 0 Å². The van der Waals surface area contributed by atoms with Gasteiger partial charge >= 0.3 is 0 Å². The predicted molar refractivity (Wildman–Crippen MR) is 75.5 cm³/mol. The van der Waals surface area contributed by atoms with Crippen molar-refractivity contribution in [2.75, 3.05) is 13.2 Å². The highest BCUT2D eigenvalue weighted by Crippen LogP contribution is 2.44. The van der Waals surface area contributed by atoms with Crippen molar-refractivity contribution < 1.29 is 9.59 Å². The largest absolute Gasteiger partial charge is 0.391 e. The van der Waals surface area contributed by atoms with Gasteiger partial charge in [-0.2, -0.15) is 0 Å². The van der Waals surface area contributed by atoms with Crippen molar-refractivity contribution in [2.24, 2.45) is 0 Å². The summed E-state index contributed by atoms with van der Waals surface area (Å²) in [5.41, 5.74) is 0. The number of hydrogen-bond acceptors (Lipinski definition) is 2. The number of hydrogen-bond donors (Lipinski definition) is 2. The van der Waals surface area contributed by atoms with Crippen LogP contribution < -0.4 is 5.32 Å². The summed E-state index contributed by atoms with van der Waals surface area (Å²) in [6.07, 6.45) is 5.32. The molecule has 0 radical (unpaired) electrons. The summed E-state index contributed by atoms with van der Waals surface area (Å²) in [6, 6.07) is 3.48. The Balaban J connectivity index is 2.12. The van der Waals surface area contributed by atoms with Crippen LogP contribution in [0, 0.1) is 0 Å². The van der Waals surface area contributed by atoms with Crippen LogP contribution in [0.5, 0.6) is 0 Å². The lowest BCUT2D eigenvalue weighted by atomic mass is 9.91. The lowest BCUT2D eigenvalue weighted by Crippen LogP contribution is -2.67. The molecule has 18 heavy (non-hydrogen) atoms. The van der Waals surface area contributed by atoms with E-state index in [1.165, 1.54) is 30.2 Å². The van der Waals surface area contributed by atoms with Gasteiger partial charge in [0, 0.05) is 37.8 Å². The molecule has 0 aromatic heterocycles. The predicted octanol–water partition coefficient (Wildman–Crippen LogP) is 1.90. The maximum atomic E-state index is 9.48. The van der Waals surface area contributed by atoms with Crippen molar-refractivity contribution in [1.29, 1.82) is 0 Å². The highest BCUT2D eigenvalue weighted by Gasteiger charge is 2.54. The van der Waals surface area contributed by atoms with Gasteiger partial charge in [0.2, 0.25) is 0 Å². The molecule has 2 unspecified atom stereocenters. The molecule has 2 N–H and O–H groups in total. The van der Waals surface area contributed by atoms with Crippen LogP contribution in [0.3, 0.4) is 0 Å². The third-order valence-electron chi connectivity index (χ3n) is 5.32. The molecule has 106 valence electrons. The Morgan fingerprint density at radius 2 is 1.67 bits per heavy atom. The van der Waals surface area contributed by atoms with E-state index in [0.717, 1.165) is 18.6 Å². The van der Waals surface area contributed by atoms with Crippen LogP contribution in [-0.2, 0) is 0 Å².